The van der Waals surface area contributed by atoms with Crippen LogP contribution in [0.3, 0.4) is 0 Å². The maximum Gasteiger partial charge on any atom is 0.255 e. The molecule has 2 aromatic carbocycles. The molecule has 1 N–H and O–H groups in total. The van der Waals surface area contributed by atoms with E-state index in [2.05, 4.69) is 39.9 Å². The molecule has 2 rings (SSSR count). The summed E-state index contributed by atoms with van der Waals surface area (Å²) in [5, 5.41) is 3.13. The van der Waals surface area contributed by atoms with Crippen molar-refractivity contribution < 1.29 is 4.79 Å². The quantitative estimate of drug-likeness (QED) is 0.820. The highest BCUT2D eigenvalue weighted by Crippen LogP contribution is 2.30. The number of amides is 1. The highest BCUT2D eigenvalue weighted by molar-refractivity contribution is 6.06. The Morgan fingerprint density at radius 2 is 1.27 bits per heavy atom. The first-order chi connectivity index (χ1) is 10.2. The van der Waals surface area contributed by atoms with Gasteiger partial charge in [0, 0.05) is 11.3 Å². The van der Waals surface area contributed by atoms with Crippen LogP contribution in [0.5, 0.6) is 0 Å². The molecule has 0 radical (unpaired) electrons. The minimum absolute atomic E-state index is 0.0324. The van der Waals surface area contributed by atoms with Gasteiger partial charge in [-0.25, -0.2) is 0 Å². The van der Waals surface area contributed by atoms with E-state index in [1.54, 1.807) is 0 Å². The van der Waals surface area contributed by atoms with Crippen molar-refractivity contribution in [2.24, 2.45) is 0 Å². The van der Waals surface area contributed by atoms with E-state index < -0.39 is 0 Å². The van der Waals surface area contributed by atoms with E-state index in [0.717, 1.165) is 33.5 Å². The summed E-state index contributed by atoms with van der Waals surface area (Å²) in [5.74, 6) is -0.0324. The van der Waals surface area contributed by atoms with Gasteiger partial charge < -0.3 is 5.32 Å². The lowest BCUT2D eigenvalue weighted by atomic mass is 9.92. The molecule has 0 aliphatic rings. The van der Waals surface area contributed by atoms with Crippen LogP contribution < -0.4 is 5.32 Å². The van der Waals surface area contributed by atoms with E-state index in [1.807, 2.05) is 32.0 Å². The van der Waals surface area contributed by atoms with Crippen molar-refractivity contribution in [1.82, 2.24) is 0 Å². The second kappa shape index (κ2) is 5.96. The summed E-state index contributed by atoms with van der Waals surface area (Å²) in [6.07, 6.45) is 0. The fourth-order valence-electron chi connectivity index (χ4n) is 2.85. The van der Waals surface area contributed by atoms with Gasteiger partial charge in [0.2, 0.25) is 0 Å². The normalized spacial score (nSPS) is 10.7. The Labute approximate surface area is 133 Å². The number of rotatable bonds is 2. The third-order valence-electron chi connectivity index (χ3n) is 4.88. The highest BCUT2D eigenvalue weighted by Gasteiger charge is 2.16. The Bertz CT molecular complexity index is 728. The SMILES string of the molecule is Cc1ccc(C)c(C(=O)Nc2c(C)c(C)c(C)c(C)c2C)c1. The molecule has 0 aliphatic carbocycles. The molecule has 0 aromatic heterocycles. The second-order valence-electron chi connectivity index (χ2n) is 6.27. The first-order valence-corrected chi connectivity index (χ1v) is 7.69. The van der Waals surface area contributed by atoms with Crippen LogP contribution in [-0.4, -0.2) is 5.91 Å². The first kappa shape index (κ1) is 16.3. The fourth-order valence-corrected chi connectivity index (χ4v) is 2.85. The summed E-state index contributed by atoms with van der Waals surface area (Å²) in [6.45, 7) is 14.5. The molecule has 0 heterocycles. The summed E-state index contributed by atoms with van der Waals surface area (Å²) in [5.41, 5.74) is 9.90. The van der Waals surface area contributed by atoms with Crippen LogP contribution in [0.25, 0.3) is 0 Å². The molecule has 2 aromatic rings. The number of benzene rings is 2. The van der Waals surface area contributed by atoms with E-state index in [4.69, 9.17) is 0 Å². The molecule has 0 spiro atoms. The molecule has 0 atom stereocenters. The number of carbonyl (C=O) groups is 1. The molecule has 0 unspecified atom stereocenters. The van der Waals surface area contributed by atoms with Gasteiger partial charge in [-0.1, -0.05) is 17.7 Å². The predicted octanol–water partition coefficient (Wildman–Crippen LogP) is 5.10. The standard InChI is InChI=1S/C20H25NO/c1-11-8-9-12(2)18(10-11)20(22)21-19-16(6)14(4)13(3)15(5)17(19)7/h8-10H,1-7H3,(H,21,22). The summed E-state index contributed by atoms with van der Waals surface area (Å²) >= 11 is 0. The van der Waals surface area contributed by atoms with Gasteiger partial charge in [-0.3, -0.25) is 4.79 Å². The average molecular weight is 295 g/mol. The molecule has 2 nitrogen and oxygen atoms in total. The van der Waals surface area contributed by atoms with Gasteiger partial charge in [0.15, 0.2) is 0 Å². The molecule has 1 amide bonds. The summed E-state index contributed by atoms with van der Waals surface area (Å²) in [4.78, 5) is 12.7. The average Bonchev–Trinajstić information content (AvgIpc) is 2.49. The van der Waals surface area contributed by atoms with E-state index >= 15 is 0 Å². The monoisotopic (exact) mass is 295 g/mol. The fraction of sp³-hybridized carbons (Fsp3) is 0.350. The van der Waals surface area contributed by atoms with Crippen LogP contribution >= 0.6 is 0 Å². The van der Waals surface area contributed by atoms with Crippen LogP contribution in [0.15, 0.2) is 18.2 Å². The Kier molecular flexibility index (Phi) is 4.41. The Morgan fingerprint density at radius 3 is 1.82 bits per heavy atom. The number of hydrogen-bond acceptors (Lipinski definition) is 1. The predicted molar refractivity (Wildman–Crippen MR) is 94.0 cm³/mol. The van der Waals surface area contributed by atoms with Crippen molar-refractivity contribution >= 4 is 11.6 Å². The summed E-state index contributed by atoms with van der Waals surface area (Å²) in [6, 6.07) is 5.97. The van der Waals surface area contributed by atoms with Gasteiger partial charge in [-0.15, -0.1) is 0 Å². The van der Waals surface area contributed by atoms with Crippen LogP contribution in [0.2, 0.25) is 0 Å². The highest BCUT2D eigenvalue weighted by atomic mass is 16.1. The molecular weight excluding hydrogens is 270 g/mol. The van der Waals surface area contributed by atoms with E-state index in [-0.39, 0.29) is 5.91 Å². The number of carbonyl (C=O) groups excluding carboxylic acids is 1. The summed E-state index contributed by atoms with van der Waals surface area (Å²) in [7, 11) is 0. The molecule has 0 aliphatic heterocycles. The number of nitrogens with one attached hydrogen (secondary N) is 1. The zero-order valence-electron chi connectivity index (χ0n) is 14.6. The maximum atomic E-state index is 12.7. The second-order valence-corrected chi connectivity index (χ2v) is 6.27. The lowest BCUT2D eigenvalue weighted by Crippen LogP contribution is -2.16. The van der Waals surface area contributed by atoms with Crippen molar-refractivity contribution in [1.29, 1.82) is 0 Å². The smallest absolute Gasteiger partial charge is 0.255 e. The van der Waals surface area contributed by atoms with Crippen molar-refractivity contribution in [3.05, 3.63) is 62.7 Å². The number of aryl methyl sites for hydroxylation is 2. The Balaban J connectivity index is 2.47. The van der Waals surface area contributed by atoms with Crippen molar-refractivity contribution in [2.45, 2.75) is 48.5 Å². The van der Waals surface area contributed by atoms with Gasteiger partial charge in [0.1, 0.15) is 0 Å². The third-order valence-corrected chi connectivity index (χ3v) is 4.88. The van der Waals surface area contributed by atoms with Crippen LogP contribution in [0.1, 0.15) is 49.3 Å². The topological polar surface area (TPSA) is 29.1 Å². The van der Waals surface area contributed by atoms with E-state index in [0.29, 0.717) is 0 Å². The van der Waals surface area contributed by atoms with E-state index in [1.165, 1.54) is 16.7 Å². The Morgan fingerprint density at radius 1 is 0.773 bits per heavy atom. The van der Waals surface area contributed by atoms with Crippen LogP contribution in [0.4, 0.5) is 5.69 Å². The molecule has 22 heavy (non-hydrogen) atoms. The minimum Gasteiger partial charge on any atom is -0.321 e. The third kappa shape index (κ3) is 2.78. The van der Waals surface area contributed by atoms with Crippen molar-refractivity contribution in [3.63, 3.8) is 0 Å². The number of anilines is 1. The zero-order chi connectivity index (χ0) is 16.6. The molecule has 0 saturated heterocycles. The van der Waals surface area contributed by atoms with Crippen LogP contribution in [0, 0.1) is 48.5 Å². The lowest BCUT2D eigenvalue weighted by Gasteiger charge is -2.19. The molecule has 2 heteroatoms. The summed E-state index contributed by atoms with van der Waals surface area (Å²) < 4.78 is 0. The Hall–Kier alpha value is -2.09. The van der Waals surface area contributed by atoms with Gasteiger partial charge >= 0.3 is 0 Å². The van der Waals surface area contributed by atoms with Gasteiger partial charge in [0.05, 0.1) is 0 Å². The first-order valence-electron chi connectivity index (χ1n) is 7.69. The molecule has 0 fully saturated rings. The van der Waals surface area contributed by atoms with Gasteiger partial charge in [-0.2, -0.15) is 0 Å². The molecule has 116 valence electrons. The maximum absolute atomic E-state index is 12.7. The largest absolute Gasteiger partial charge is 0.321 e. The van der Waals surface area contributed by atoms with Crippen LogP contribution in [-0.2, 0) is 0 Å². The van der Waals surface area contributed by atoms with Gasteiger partial charge in [0.25, 0.3) is 5.91 Å². The molecule has 0 saturated carbocycles. The van der Waals surface area contributed by atoms with Crippen molar-refractivity contribution in [2.75, 3.05) is 5.32 Å². The number of hydrogen-bond donors (Lipinski definition) is 1. The lowest BCUT2D eigenvalue weighted by molar-refractivity contribution is 0.102. The minimum atomic E-state index is -0.0324. The molecular formula is C20H25NO. The van der Waals surface area contributed by atoms with E-state index in [9.17, 15) is 4.79 Å². The van der Waals surface area contributed by atoms with Gasteiger partial charge in [-0.05, 0) is 87.9 Å². The zero-order valence-corrected chi connectivity index (χ0v) is 14.6. The molecule has 0 bridgehead atoms. The van der Waals surface area contributed by atoms with Crippen molar-refractivity contribution in [3.8, 4) is 0 Å².